The van der Waals surface area contributed by atoms with Crippen LogP contribution in [0.3, 0.4) is 0 Å². The summed E-state index contributed by atoms with van der Waals surface area (Å²) < 4.78 is 18.7. The van der Waals surface area contributed by atoms with E-state index in [1.54, 1.807) is 6.07 Å². The van der Waals surface area contributed by atoms with E-state index in [9.17, 15) is 9.18 Å². The van der Waals surface area contributed by atoms with Crippen molar-refractivity contribution in [2.24, 2.45) is 11.7 Å². The fraction of sp³-hybridized carbons (Fsp3) is 0.462. The molecule has 0 aliphatic carbocycles. The van der Waals surface area contributed by atoms with Gasteiger partial charge in [0.15, 0.2) is 17.3 Å². The molecule has 17 heavy (non-hydrogen) atoms. The van der Waals surface area contributed by atoms with Gasteiger partial charge in [-0.05, 0) is 18.6 Å². The predicted octanol–water partition coefficient (Wildman–Crippen LogP) is 2.39. The van der Waals surface area contributed by atoms with E-state index < -0.39 is 5.82 Å². The minimum absolute atomic E-state index is 0.0632. The molecule has 0 aliphatic rings. The first kappa shape index (κ1) is 13.6. The van der Waals surface area contributed by atoms with Crippen molar-refractivity contribution in [3.05, 3.63) is 29.6 Å². The number of carbonyl (C=O) groups is 1. The number of hydrogen-bond donors (Lipinski definition) is 1. The first-order valence-electron chi connectivity index (χ1n) is 5.72. The predicted molar refractivity (Wildman–Crippen MR) is 64.7 cm³/mol. The second kappa shape index (κ2) is 6.35. The molecule has 0 radical (unpaired) electrons. The Bertz CT molecular complexity index is 393. The molecule has 1 aromatic rings. The van der Waals surface area contributed by atoms with Crippen molar-refractivity contribution in [1.29, 1.82) is 0 Å². The largest absolute Gasteiger partial charge is 0.494 e. The molecule has 0 aromatic heterocycles. The van der Waals surface area contributed by atoms with Crippen LogP contribution in [0.1, 0.15) is 30.1 Å². The smallest absolute Gasteiger partial charge is 0.175 e. The van der Waals surface area contributed by atoms with Gasteiger partial charge in [-0.25, -0.2) is 4.39 Å². The summed E-state index contributed by atoms with van der Waals surface area (Å²) in [6, 6.07) is 4.57. The third-order valence-electron chi connectivity index (χ3n) is 2.74. The Morgan fingerprint density at radius 1 is 1.53 bits per heavy atom. The van der Waals surface area contributed by atoms with Crippen LogP contribution in [0.5, 0.6) is 5.75 Å². The fourth-order valence-corrected chi connectivity index (χ4v) is 1.78. The monoisotopic (exact) mass is 239 g/mol. The van der Waals surface area contributed by atoms with Gasteiger partial charge in [-0.15, -0.1) is 0 Å². The van der Waals surface area contributed by atoms with Gasteiger partial charge in [0, 0.05) is 12.5 Å². The summed E-state index contributed by atoms with van der Waals surface area (Å²) in [5.41, 5.74) is 5.61. The van der Waals surface area contributed by atoms with Crippen LogP contribution in [0.25, 0.3) is 0 Å². The van der Waals surface area contributed by atoms with E-state index in [1.165, 1.54) is 19.2 Å². The van der Waals surface area contributed by atoms with Gasteiger partial charge in [0.25, 0.3) is 0 Å². The van der Waals surface area contributed by atoms with Gasteiger partial charge in [0.2, 0.25) is 0 Å². The quantitative estimate of drug-likeness (QED) is 0.775. The Labute approximate surface area is 101 Å². The van der Waals surface area contributed by atoms with E-state index in [0.717, 1.165) is 6.42 Å². The van der Waals surface area contributed by atoms with Gasteiger partial charge in [0.1, 0.15) is 0 Å². The Hall–Kier alpha value is -1.42. The lowest BCUT2D eigenvalue weighted by atomic mass is 9.93. The molecule has 94 valence electrons. The lowest BCUT2D eigenvalue weighted by Crippen LogP contribution is -2.24. The number of nitrogens with two attached hydrogens (primary N) is 1. The second-order valence-electron chi connectivity index (χ2n) is 3.91. The molecule has 0 amide bonds. The van der Waals surface area contributed by atoms with Crippen molar-refractivity contribution in [2.45, 2.75) is 19.8 Å². The number of Topliss-reactive ketones (excluding diaryl/α,β-unsaturated/α-hetero) is 1. The van der Waals surface area contributed by atoms with Gasteiger partial charge in [-0.2, -0.15) is 0 Å². The standard InChI is InChI=1S/C13H18FNO2/c1-3-5-9(8-15)13(16)10-6-4-7-11(17-2)12(10)14/h4,6-7,9H,3,5,8,15H2,1-2H3. The van der Waals surface area contributed by atoms with Crippen molar-refractivity contribution in [1.82, 2.24) is 0 Å². The number of rotatable bonds is 6. The summed E-state index contributed by atoms with van der Waals surface area (Å²) in [4.78, 5) is 12.1. The summed E-state index contributed by atoms with van der Waals surface area (Å²) in [5.74, 6) is -1.08. The molecule has 0 saturated heterocycles. The molecular weight excluding hydrogens is 221 g/mol. The van der Waals surface area contributed by atoms with E-state index in [4.69, 9.17) is 10.5 Å². The maximum atomic E-state index is 13.9. The molecule has 0 heterocycles. The molecule has 2 N–H and O–H groups in total. The van der Waals surface area contributed by atoms with Crippen LogP contribution in [0.2, 0.25) is 0 Å². The minimum atomic E-state index is -0.602. The Kier molecular flexibility index (Phi) is 5.10. The number of ether oxygens (including phenoxy) is 1. The Morgan fingerprint density at radius 2 is 2.24 bits per heavy atom. The van der Waals surface area contributed by atoms with Crippen LogP contribution in [-0.4, -0.2) is 19.4 Å². The van der Waals surface area contributed by atoms with E-state index >= 15 is 0 Å². The Balaban J connectivity index is 3.02. The maximum Gasteiger partial charge on any atom is 0.175 e. The van der Waals surface area contributed by atoms with E-state index in [-0.39, 0.29) is 29.6 Å². The highest BCUT2D eigenvalue weighted by Gasteiger charge is 2.22. The molecule has 0 saturated carbocycles. The first-order chi connectivity index (χ1) is 8.15. The summed E-state index contributed by atoms with van der Waals surface area (Å²) in [7, 11) is 1.37. The number of ketones is 1. The Morgan fingerprint density at radius 3 is 2.76 bits per heavy atom. The fourth-order valence-electron chi connectivity index (χ4n) is 1.78. The zero-order chi connectivity index (χ0) is 12.8. The van der Waals surface area contributed by atoms with Gasteiger partial charge >= 0.3 is 0 Å². The van der Waals surface area contributed by atoms with Crippen LogP contribution in [0, 0.1) is 11.7 Å². The highest BCUT2D eigenvalue weighted by atomic mass is 19.1. The molecule has 3 nitrogen and oxygen atoms in total. The first-order valence-corrected chi connectivity index (χ1v) is 5.72. The molecule has 1 unspecified atom stereocenters. The maximum absolute atomic E-state index is 13.9. The van der Waals surface area contributed by atoms with Gasteiger partial charge in [-0.1, -0.05) is 19.4 Å². The average molecular weight is 239 g/mol. The summed E-state index contributed by atoms with van der Waals surface area (Å²) in [6.45, 7) is 2.21. The number of benzene rings is 1. The summed E-state index contributed by atoms with van der Waals surface area (Å²) in [5, 5.41) is 0. The van der Waals surface area contributed by atoms with Gasteiger partial charge in [0.05, 0.1) is 12.7 Å². The number of halogens is 1. The highest BCUT2D eigenvalue weighted by molar-refractivity contribution is 5.98. The second-order valence-corrected chi connectivity index (χ2v) is 3.91. The highest BCUT2D eigenvalue weighted by Crippen LogP contribution is 2.23. The molecule has 1 atom stereocenters. The number of methoxy groups -OCH3 is 1. The molecule has 0 bridgehead atoms. The zero-order valence-corrected chi connectivity index (χ0v) is 10.2. The van der Waals surface area contributed by atoms with Crippen molar-refractivity contribution >= 4 is 5.78 Å². The SMILES string of the molecule is CCCC(CN)C(=O)c1cccc(OC)c1F. The minimum Gasteiger partial charge on any atom is -0.494 e. The molecule has 1 aromatic carbocycles. The molecule has 0 fully saturated rings. The van der Waals surface area contributed by atoms with Crippen LogP contribution in [-0.2, 0) is 0 Å². The molecule has 1 rings (SSSR count). The molecule has 0 spiro atoms. The lowest BCUT2D eigenvalue weighted by Gasteiger charge is -2.13. The molecular formula is C13H18FNO2. The summed E-state index contributed by atoms with van der Waals surface area (Å²) >= 11 is 0. The van der Waals surface area contributed by atoms with E-state index in [2.05, 4.69) is 0 Å². The van der Waals surface area contributed by atoms with Crippen LogP contribution in [0.15, 0.2) is 18.2 Å². The van der Waals surface area contributed by atoms with E-state index in [1.807, 2.05) is 6.92 Å². The number of hydrogen-bond acceptors (Lipinski definition) is 3. The normalized spacial score (nSPS) is 12.2. The van der Waals surface area contributed by atoms with Crippen LogP contribution in [0.4, 0.5) is 4.39 Å². The van der Waals surface area contributed by atoms with Crippen molar-refractivity contribution < 1.29 is 13.9 Å². The third kappa shape index (κ3) is 3.03. The lowest BCUT2D eigenvalue weighted by molar-refractivity contribution is 0.0912. The molecule has 4 heteroatoms. The van der Waals surface area contributed by atoms with E-state index in [0.29, 0.717) is 6.42 Å². The average Bonchev–Trinajstić information content (AvgIpc) is 2.35. The topological polar surface area (TPSA) is 52.3 Å². The van der Waals surface area contributed by atoms with Gasteiger partial charge in [-0.3, -0.25) is 4.79 Å². The van der Waals surface area contributed by atoms with Crippen LogP contribution < -0.4 is 10.5 Å². The van der Waals surface area contributed by atoms with Gasteiger partial charge < -0.3 is 10.5 Å². The zero-order valence-electron chi connectivity index (χ0n) is 10.2. The summed E-state index contributed by atoms with van der Waals surface area (Å²) in [6.07, 6.45) is 1.52. The third-order valence-corrected chi connectivity index (χ3v) is 2.74. The van der Waals surface area contributed by atoms with Crippen molar-refractivity contribution in [3.8, 4) is 5.75 Å². The number of carbonyl (C=O) groups excluding carboxylic acids is 1. The van der Waals surface area contributed by atoms with Crippen LogP contribution >= 0.6 is 0 Å². The molecule has 0 aliphatic heterocycles. The van der Waals surface area contributed by atoms with Crippen molar-refractivity contribution in [3.63, 3.8) is 0 Å². The van der Waals surface area contributed by atoms with Crippen molar-refractivity contribution in [2.75, 3.05) is 13.7 Å².